The number of nitrogens with one attached hydrogen (secondary N) is 1. The van der Waals surface area contributed by atoms with Gasteiger partial charge in [-0.15, -0.1) is 16.4 Å². The van der Waals surface area contributed by atoms with Gasteiger partial charge in [-0.2, -0.15) is 4.31 Å². The normalized spacial score (nSPS) is 16.2. The Kier molecular flexibility index (Phi) is 6.16. The van der Waals surface area contributed by atoms with Crippen LogP contribution in [0, 0.1) is 5.92 Å². The highest BCUT2D eigenvalue weighted by atomic mass is 32.2. The summed E-state index contributed by atoms with van der Waals surface area (Å²) >= 11 is 1.43. The van der Waals surface area contributed by atoms with Crippen molar-refractivity contribution in [1.82, 2.24) is 14.5 Å². The van der Waals surface area contributed by atoms with E-state index in [-0.39, 0.29) is 34.8 Å². The topological polar surface area (TPSA) is 140 Å². The summed E-state index contributed by atoms with van der Waals surface area (Å²) in [7, 11) is -7.41. The van der Waals surface area contributed by atoms with Gasteiger partial charge in [-0.3, -0.25) is 10.1 Å². The maximum Gasteiger partial charge on any atom is 0.322 e. The first-order chi connectivity index (χ1) is 15.1. The summed E-state index contributed by atoms with van der Waals surface area (Å²) in [5.41, 5.74) is 0. The van der Waals surface area contributed by atoms with Crippen LogP contribution in [0.1, 0.15) is 12.8 Å². The van der Waals surface area contributed by atoms with Crippen molar-refractivity contribution < 1.29 is 26.0 Å². The van der Waals surface area contributed by atoms with Gasteiger partial charge in [0.2, 0.25) is 15.9 Å². The first-order valence-electron chi connectivity index (χ1n) is 9.63. The van der Waals surface area contributed by atoms with E-state index in [2.05, 4.69) is 15.5 Å². The molecule has 32 heavy (non-hydrogen) atoms. The Morgan fingerprint density at radius 1 is 1.09 bits per heavy atom. The number of sulfonamides is 1. The first kappa shape index (κ1) is 22.6. The summed E-state index contributed by atoms with van der Waals surface area (Å²) in [5, 5.41) is 12.2. The molecule has 0 saturated carbocycles. The molecule has 0 atom stereocenters. The number of benzene rings is 1. The van der Waals surface area contributed by atoms with E-state index < -0.39 is 25.8 Å². The van der Waals surface area contributed by atoms with Gasteiger partial charge in [0.1, 0.15) is 0 Å². The number of aromatic nitrogens is 2. The Balaban J connectivity index is 1.39. The fraction of sp³-hybridized carbons (Fsp3) is 0.316. The fourth-order valence-corrected chi connectivity index (χ4v) is 6.26. The molecule has 1 saturated heterocycles. The molecule has 0 radical (unpaired) electrons. The molecule has 10 nitrogen and oxygen atoms in total. The zero-order valence-corrected chi connectivity index (χ0v) is 19.4. The standard InChI is InChI=1S/C19H20N4O6S3/c1-31(25,26)14-4-2-5-15(12-14)32(27,28)23-9-7-13(8-10-23)17(24)20-19-22-21-18(29-19)16-6-3-11-30-16/h2-6,11-13H,7-10H2,1H3,(H,20,22,24). The maximum atomic E-state index is 12.9. The molecule has 1 aromatic carbocycles. The molecule has 1 amide bonds. The van der Waals surface area contributed by atoms with Crippen molar-refractivity contribution in [3.63, 3.8) is 0 Å². The van der Waals surface area contributed by atoms with Crippen LogP contribution in [0.3, 0.4) is 0 Å². The molecule has 1 aliphatic rings. The molecule has 0 aliphatic carbocycles. The summed E-state index contributed by atoms with van der Waals surface area (Å²) in [4.78, 5) is 13.2. The van der Waals surface area contributed by atoms with Gasteiger partial charge < -0.3 is 4.42 Å². The highest BCUT2D eigenvalue weighted by Gasteiger charge is 2.33. The summed E-state index contributed by atoms with van der Waals surface area (Å²) in [6, 6.07) is 8.94. The van der Waals surface area contributed by atoms with Crippen LogP contribution in [0.4, 0.5) is 6.01 Å². The van der Waals surface area contributed by atoms with Gasteiger partial charge in [0, 0.05) is 25.3 Å². The monoisotopic (exact) mass is 496 g/mol. The van der Waals surface area contributed by atoms with E-state index in [9.17, 15) is 21.6 Å². The van der Waals surface area contributed by atoms with Crippen molar-refractivity contribution >= 4 is 43.1 Å². The molecular weight excluding hydrogens is 476 g/mol. The largest absolute Gasteiger partial charge is 0.402 e. The zero-order valence-electron chi connectivity index (χ0n) is 17.0. The van der Waals surface area contributed by atoms with Crippen molar-refractivity contribution in [2.75, 3.05) is 24.7 Å². The van der Waals surface area contributed by atoms with Gasteiger partial charge in [0.15, 0.2) is 9.84 Å². The van der Waals surface area contributed by atoms with Gasteiger partial charge in [0.05, 0.1) is 14.7 Å². The lowest BCUT2D eigenvalue weighted by Gasteiger charge is -2.30. The predicted molar refractivity (Wildman–Crippen MR) is 117 cm³/mol. The fourth-order valence-electron chi connectivity index (χ4n) is 3.35. The van der Waals surface area contributed by atoms with Crippen LogP contribution in [0.5, 0.6) is 0 Å². The van der Waals surface area contributed by atoms with Crippen LogP contribution in [0.2, 0.25) is 0 Å². The highest BCUT2D eigenvalue weighted by Crippen LogP contribution is 2.27. The Hall–Kier alpha value is -2.61. The van der Waals surface area contributed by atoms with Gasteiger partial charge in [-0.05, 0) is 42.5 Å². The molecule has 13 heteroatoms. The Bertz CT molecular complexity index is 1320. The van der Waals surface area contributed by atoms with E-state index in [0.29, 0.717) is 18.7 Å². The summed E-state index contributed by atoms with van der Waals surface area (Å²) in [5.74, 6) is -0.420. The van der Waals surface area contributed by atoms with E-state index in [1.54, 1.807) is 0 Å². The smallest absolute Gasteiger partial charge is 0.322 e. The summed E-state index contributed by atoms with van der Waals surface area (Å²) in [6.07, 6.45) is 1.64. The molecule has 2 aromatic heterocycles. The SMILES string of the molecule is CS(=O)(=O)c1cccc(S(=O)(=O)N2CCC(C(=O)Nc3nnc(-c4cccs4)o3)CC2)c1. The van der Waals surface area contributed by atoms with Crippen LogP contribution < -0.4 is 5.32 Å². The predicted octanol–water partition coefficient (Wildman–Crippen LogP) is 2.24. The molecule has 0 bridgehead atoms. The molecule has 1 N–H and O–H groups in total. The van der Waals surface area contributed by atoms with Crippen LogP contribution >= 0.6 is 11.3 Å². The molecular formula is C19H20N4O6S3. The Morgan fingerprint density at radius 3 is 2.47 bits per heavy atom. The number of amides is 1. The third kappa shape index (κ3) is 4.75. The number of thiophene rings is 1. The molecule has 170 valence electrons. The average molecular weight is 497 g/mol. The third-order valence-electron chi connectivity index (χ3n) is 5.08. The van der Waals surface area contributed by atoms with Gasteiger partial charge in [-0.1, -0.05) is 17.2 Å². The molecule has 4 rings (SSSR count). The van der Waals surface area contributed by atoms with E-state index in [1.165, 1.54) is 33.8 Å². The maximum absolute atomic E-state index is 12.9. The van der Waals surface area contributed by atoms with E-state index in [4.69, 9.17) is 4.42 Å². The second-order valence-electron chi connectivity index (χ2n) is 7.30. The minimum atomic E-state index is -3.88. The average Bonchev–Trinajstić information content (AvgIpc) is 3.45. The molecule has 3 heterocycles. The molecule has 0 unspecified atom stereocenters. The van der Waals surface area contributed by atoms with Gasteiger partial charge in [0.25, 0.3) is 5.89 Å². The Morgan fingerprint density at radius 2 is 1.81 bits per heavy atom. The van der Waals surface area contributed by atoms with Crippen molar-refractivity contribution in [2.45, 2.75) is 22.6 Å². The number of sulfone groups is 1. The van der Waals surface area contributed by atoms with E-state index in [1.807, 2.05) is 17.5 Å². The lowest BCUT2D eigenvalue weighted by molar-refractivity contribution is -0.121. The third-order valence-corrected chi connectivity index (χ3v) is 8.95. The molecule has 1 aliphatic heterocycles. The lowest BCUT2D eigenvalue weighted by atomic mass is 9.97. The van der Waals surface area contributed by atoms with Crippen LogP contribution in [-0.2, 0) is 24.7 Å². The molecule has 3 aromatic rings. The number of rotatable bonds is 6. The van der Waals surface area contributed by atoms with E-state index >= 15 is 0 Å². The number of anilines is 1. The number of nitrogens with zero attached hydrogens (tertiary/aromatic N) is 3. The van der Waals surface area contributed by atoms with Crippen LogP contribution in [0.25, 0.3) is 10.8 Å². The quantitative estimate of drug-likeness (QED) is 0.548. The van der Waals surface area contributed by atoms with Gasteiger partial charge >= 0.3 is 6.01 Å². The molecule has 1 fully saturated rings. The summed E-state index contributed by atoms with van der Waals surface area (Å²) in [6.45, 7) is 0.265. The number of piperidine rings is 1. The minimum absolute atomic E-state index is 0.00830. The number of hydrogen-bond donors (Lipinski definition) is 1. The number of carbonyl (C=O) groups excluding carboxylic acids is 1. The van der Waals surface area contributed by atoms with Crippen molar-refractivity contribution in [2.24, 2.45) is 5.92 Å². The first-order valence-corrected chi connectivity index (χ1v) is 13.8. The van der Waals surface area contributed by atoms with Crippen molar-refractivity contribution in [1.29, 1.82) is 0 Å². The second-order valence-corrected chi connectivity index (χ2v) is 12.2. The summed E-state index contributed by atoms with van der Waals surface area (Å²) < 4.78 is 56.1. The zero-order chi connectivity index (χ0) is 22.9. The van der Waals surface area contributed by atoms with Gasteiger partial charge in [-0.25, -0.2) is 16.8 Å². The minimum Gasteiger partial charge on any atom is -0.402 e. The Labute approximate surface area is 189 Å². The highest BCUT2D eigenvalue weighted by molar-refractivity contribution is 7.91. The lowest BCUT2D eigenvalue weighted by Crippen LogP contribution is -2.41. The number of carbonyl (C=O) groups is 1. The second kappa shape index (κ2) is 8.73. The number of hydrogen-bond acceptors (Lipinski definition) is 9. The van der Waals surface area contributed by atoms with Crippen LogP contribution in [-0.4, -0.2) is 56.6 Å². The van der Waals surface area contributed by atoms with Crippen molar-refractivity contribution in [3.05, 3.63) is 41.8 Å². The van der Waals surface area contributed by atoms with Crippen molar-refractivity contribution in [3.8, 4) is 10.8 Å². The van der Waals surface area contributed by atoms with Crippen LogP contribution in [0.15, 0.2) is 56.0 Å². The molecule has 0 spiro atoms. The van der Waals surface area contributed by atoms with E-state index in [0.717, 1.165) is 17.2 Å².